The van der Waals surface area contributed by atoms with Crippen LogP contribution in [0, 0.1) is 0 Å². The Labute approximate surface area is 189 Å². The minimum atomic E-state index is -0.0921. The molecule has 164 valence electrons. The summed E-state index contributed by atoms with van der Waals surface area (Å²) < 4.78 is 0. The first-order chi connectivity index (χ1) is 14.8. The second kappa shape index (κ2) is 19.7. The van der Waals surface area contributed by atoms with Crippen molar-refractivity contribution in [1.82, 2.24) is 0 Å². The van der Waals surface area contributed by atoms with E-state index in [2.05, 4.69) is 80.7 Å². The van der Waals surface area contributed by atoms with Gasteiger partial charge in [0.15, 0.2) is 0 Å². The van der Waals surface area contributed by atoms with Crippen LogP contribution in [0.25, 0.3) is 0 Å². The summed E-state index contributed by atoms with van der Waals surface area (Å²) in [4.78, 5) is 0. The number of hydrogen-bond donors (Lipinski definition) is 0. The van der Waals surface area contributed by atoms with Gasteiger partial charge in [-0.2, -0.15) is 0 Å². The van der Waals surface area contributed by atoms with Gasteiger partial charge in [0.1, 0.15) is 0 Å². The smallest absolute Gasteiger partial charge is 0.0104 e. The fraction of sp³-hybridized carbons (Fsp3) is 0.429. The second-order valence-corrected chi connectivity index (χ2v) is 11.3. The number of hydrogen-bond acceptors (Lipinski definition) is 0. The summed E-state index contributed by atoms with van der Waals surface area (Å²) in [5.74, 6) is 0. The van der Waals surface area contributed by atoms with Crippen LogP contribution in [0.4, 0.5) is 0 Å². The summed E-state index contributed by atoms with van der Waals surface area (Å²) in [6, 6.07) is 21.5. The molecule has 0 radical (unpaired) electrons. The van der Waals surface area contributed by atoms with E-state index in [4.69, 9.17) is 0 Å². The predicted molar refractivity (Wildman–Crippen MR) is 145 cm³/mol. The van der Waals surface area contributed by atoms with Gasteiger partial charge in [-0.1, -0.05) is 141 Å². The average molecular weight is 441 g/mol. The first-order valence-electron chi connectivity index (χ1n) is 11.6. The molecule has 2 heteroatoms. The van der Waals surface area contributed by atoms with E-state index in [-0.39, 0.29) is 7.92 Å². The maximum Gasteiger partial charge on any atom is -0.0104 e. The van der Waals surface area contributed by atoms with Gasteiger partial charge in [0.25, 0.3) is 0 Å². The lowest BCUT2D eigenvalue weighted by atomic mass is 10.1. The molecule has 0 aromatic heterocycles. The molecule has 1 unspecified atom stereocenters. The molecule has 0 heterocycles. The Hall–Kier alpha value is -1.22. The third-order valence-corrected chi connectivity index (χ3v) is 8.73. The van der Waals surface area contributed by atoms with Crippen molar-refractivity contribution in [2.45, 2.75) is 58.3 Å². The SMILES string of the molecule is C=CCP(CC=C)c1ccccc1.CCCCCCCCCCPc1ccccc1. The number of unbranched alkanes of at least 4 members (excludes halogenated alkanes) is 7. The van der Waals surface area contributed by atoms with Crippen LogP contribution in [0.15, 0.2) is 86.0 Å². The summed E-state index contributed by atoms with van der Waals surface area (Å²) in [5.41, 5.74) is 0. The summed E-state index contributed by atoms with van der Waals surface area (Å²) in [7, 11) is 0.925. The maximum absolute atomic E-state index is 3.79. The van der Waals surface area contributed by atoms with Gasteiger partial charge < -0.3 is 0 Å². The van der Waals surface area contributed by atoms with Gasteiger partial charge in [0.05, 0.1) is 0 Å². The third kappa shape index (κ3) is 13.9. The second-order valence-electron chi connectivity index (χ2n) is 7.59. The molecular formula is C28H42P2. The van der Waals surface area contributed by atoms with Crippen molar-refractivity contribution in [2.75, 3.05) is 18.5 Å². The molecule has 2 aromatic rings. The van der Waals surface area contributed by atoms with Gasteiger partial charge >= 0.3 is 0 Å². The van der Waals surface area contributed by atoms with E-state index in [1.54, 1.807) is 0 Å². The fourth-order valence-corrected chi connectivity index (χ4v) is 6.21. The molecule has 0 spiro atoms. The normalized spacial score (nSPS) is 10.7. The van der Waals surface area contributed by atoms with Crippen molar-refractivity contribution in [1.29, 1.82) is 0 Å². The molecule has 30 heavy (non-hydrogen) atoms. The van der Waals surface area contributed by atoms with Crippen molar-refractivity contribution in [3.63, 3.8) is 0 Å². The largest absolute Gasteiger partial charge is 0.103 e. The standard InChI is InChI=1S/C16H27P.C12H15P/c1-2-3-4-5-6-7-8-12-15-17-16-13-10-9-11-14-16;1-3-10-13(11-4-2)12-8-6-5-7-9-12/h9-11,13-14,17H,2-8,12,15H2,1H3;3-9H,1-2,10-11H2. The highest BCUT2D eigenvalue weighted by Gasteiger charge is 2.05. The molecule has 0 saturated carbocycles. The van der Waals surface area contributed by atoms with Crippen molar-refractivity contribution in [3.05, 3.63) is 86.0 Å². The Morgan fingerprint density at radius 3 is 1.73 bits per heavy atom. The minimum absolute atomic E-state index is 0.0921. The number of allylic oxidation sites excluding steroid dienone is 2. The molecule has 0 nitrogen and oxygen atoms in total. The van der Waals surface area contributed by atoms with Crippen LogP contribution in [0.1, 0.15) is 58.3 Å². The molecule has 0 amide bonds. The Balaban J connectivity index is 0.000000311. The molecule has 0 N–H and O–H groups in total. The Bertz CT molecular complexity index is 626. The van der Waals surface area contributed by atoms with Crippen LogP contribution in [0.3, 0.4) is 0 Å². The van der Waals surface area contributed by atoms with Gasteiger partial charge in [-0.25, -0.2) is 0 Å². The van der Waals surface area contributed by atoms with Crippen LogP contribution in [-0.4, -0.2) is 18.5 Å². The summed E-state index contributed by atoms with van der Waals surface area (Å²) in [6.45, 7) is 9.86. The van der Waals surface area contributed by atoms with E-state index in [0.717, 1.165) is 20.9 Å². The topological polar surface area (TPSA) is 0 Å². The van der Waals surface area contributed by atoms with Gasteiger partial charge in [-0.15, -0.1) is 13.2 Å². The highest BCUT2D eigenvalue weighted by Crippen LogP contribution is 2.33. The van der Waals surface area contributed by atoms with Gasteiger partial charge in [-0.05, 0) is 35.5 Å². The van der Waals surface area contributed by atoms with E-state index in [9.17, 15) is 0 Å². The van der Waals surface area contributed by atoms with Crippen molar-refractivity contribution < 1.29 is 0 Å². The molecule has 2 rings (SSSR count). The molecule has 0 aliphatic carbocycles. The number of benzene rings is 2. The summed E-state index contributed by atoms with van der Waals surface area (Å²) in [5, 5.41) is 2.97. The van der Waals surface area contributed by atoms with E-state index in [1.165, 1.54) is 68.1 Å². The van der Waals surface area contributed by atoms with Crippen LogP contribution in [0.5, 0.6) is 0 Å². The predicted octanol–water partition coefficient (Wildman–Crippen LogP) is 8.30. The van der Waals surface area contributed by atoms with Crippen molar-refractivity contribution in [3.8, 4) is 0 Å². The lowest BCUT2D eigenvalue weighted by molar-refractivity contribution is 0.586. The molecule has 0 aliphatic heterocycles. The van der Waals surface area contributed by atoms with Gasteiger partial charge in [0.2, 0.25) is 0 Å². The van der Waals surface area contributed by atoms with Crippen LogP contribution >= 0.6 is 16.5 Å². The lowest BCUT2D eigenvalue weighted by Gasteiger charge is -2.13. The third-order valence-electron chi connectivity index (χ3n) is 4.95. The van der Waals surface area contributed by atoms with Gasteiger partial charge in [0, 0.05) is 0 Å². The Morgan fingerprint density at radius 2 is 1.20 bits per heavy atom. The van der Waals surface area contributed by atoms with Crippen molar-refractivity contribution >= 4 is 27.1 Å². The maximum atomic E-state index is 3.79. The highest BCUT2D eigenvalue weighted by atomic mass is 31.1. The molecule has 2 aromatic carbocycles. The van der Waals surface area contributed by atoms with E-state index in [1.807, 2.05) is 12.2 Å². The molecule has 0 fully saturated rings. The van der Waals surface area contributed by atoms with E-state index < -0.39 is 0 Å². The average Bonchev–Trinajstić information content (AvgIpc) is 2.79. The van der Waals surface area contributed by atoms with E-state index in [0.29, 0.717) is 0 Å². The van der Waals surface area contributed by atoms with Gasteiger partial charge in [-0.3, -0.25) is 0 Å². The monoisotopic (exact) mass is 440 g/mol. The molecule has 0 bridgehead atoms. The quantitative estimate of drug-likeness (QED) is 0.148. The van der Waals surface area contributed by atoms with Crippen molar-refractivity contribution in [2.24, 2.45) is 0 Å². The zero-order chi connectivity index (χ0) is 21.7. The Morgan fingerprint density at radius 1 is 0.700 bits per heavy atom. The van der Waals surface area contributed by atoms with Crippen LogP contribution < -0.4 is 10.6 Å². The fourth-order valence-electron chi connectivity index (χ4n) is 3.28. The lowest BCUT2D eigenvalue weighted by Crippen LogP contribution is -2.03. The zero-order valence-electron chi connectivity index (χ0n) is 19.1. The summed E-state index contributed by atoms with van der Waals surface area (Å²) >= 11 is 0. The zero-order valence-corrected chi connectivity index (χ0v) is 21.0. The molecule has 1 atom stereocenters. The van der Waals surface area contributed by atoms with Crippen LogP contribution in [-0.2, 0) is 0 Å². The highest BCUT2D eigenvalue weighted by molar-refractivity contribution is 7.65. The first kappa shape index (κ1) is 26.8. The van der Waals surface area contributed by atoms with Crippen LogP contribution in [0.2, 0.25) is 0 Å². The van der Waals surface area contributed by atoms with E-state index >= 15 is 0 Å². The minimum Gasteiger partial charge on any atom is -0.103 e. The molecule has 0 aliphatic rings. The first-order valence-corrected chi connectivity index (χ1v) is 14.5. The number of rotatable bonds is 15. The molecular weight excluding hydrogens is 398 g/mol. The summed E-state index contributed by atoms with van der Waals surface area (Å²) in [6.07, 6.45) is 19.0. The Kier molecular flexibility index (Phi) is 17.6. The molecule has 0 saturated heterocycles.